The lowest BCUT2D eigenvalue weighted by Crippen LogP contribution is -2.42. The minimum atomic E-state index is -3.45. The Hall–Kier alpha value is -0.470. The molecule has 0 aromatic carbocycles. The number of nitrogens with two attached hydrogens (primary N) is 1. The minimum Gasteiger partial charge on any atom is -0.326 e. The SMILES string of the molecule is CC(C)CC(CN(C)C)NS(=O)(=O)c1ccc(CN)s1. The molecule has 0 bridgehead atoms. The van der Waals surface area contributed by atoms with Crippen molar-refractivity contribution in [1.82, 2.24) is 9.62 Å². The third-order valence-corrected chi connectivity index (χ3v) is 5.89. The number of hydrogen-bond donors (Lipinski definition) is 2. The van der Waals surface area contributed by atoms with E-state index in [1.54, 1.807) is 12.1 Å². The molecule has 7 heteroatoms. The van der Waals surface area contributed by atoms with E-state index in [2.05, 4.69) is 18.6 Å². The second kappa shape index (κ2) is 7.51. The molecule has 1 unspecified atom stereocenters. The summed E-state index contributed by atoms with van der Waals surface area (Å²) < 4.78 is 27.9. The molecule has 1 atom stereocenters. The van der Waals surface area contributed by atoms with Gasteiger partial charge in [0.05, 0.1) is 0 Å². The van der Waals surface area contributed by atoms with E-state index in [0.717, 1.165) is 11.3 Å². The van der Waals surface area contributed by atoms with Crippen LogP contribution in [0, 0.1) is 5.92 Å². The molecule has 0 aliphatic heterocycles. The van der Waals surface area contributed by atoms with Crippen LogP contribution in [0.5, 0.6) is 0 Å². The highest BCUT2D eigenvalue weighted by Gasteiger charge is 2.22. The van der Waals surface area contributed by atoms with Crippen molar-refractivity contribution in [2.24, 2.45) is 11.7 Å². The van der Waals surface area contributed by atoms with Crippen LogP contribution in [0.25, 0.3) is 0 Å². The molecule has 1 aromatic heterocycles. The molecule has 116 valence electrons. The molecule has 0 saturated heterocycles. The second-order valence-electron chi connectivity index (χ2n) is 5.63. The first-order valence-electron chi connectivity index (χ1n) is 6.70. The van der Waals surface area contributed by atoms with E-state index in [-0.39, 0.29) is 6.04 Å². The Balaban J connectivity index is 2.84. The number of rotatable bonds is 8. The smallest absolute Gasteiger partial charge is 0.250 e. The van der Waals surface area contributed by atoms with E-state index in [9.17, 15) is 8.42 Å². The average Bonchev–Trinajstić information content (AvgIpc) is 2.75. The molecule has 1 aromatic rings. The number of hydrogen-bond acceptors (Lipinski definition) is 5. The first-order chi connectivity index (χ1) is 9.24. The Labute approximate surface area is 126 Å². The van der Waals surface area contributed by atoms with Crippen LogP contribution in [0.4, 0.5) is 0 Å². The fourth-order valence-corrected chi connectivity index (χ4v) is 4.55. The van der Waals surface area contributed by atoms with Gasteiger partial charge in [0.15, 0.2) is 0 Å². The van der Waals surface area contributed by atoms with Crippen LogP contribution in [-0.4, -0.2) is 40.0 Å². The van der Waals surface area contributed by atoms with Crippen molar-refractivity contribution in [2.75, 3.05) is 20.6 Å². The van der Waals surface area contributed by atoms with Crippen molar-refractivity contribution in [3.8, 4) is 0 Å². The van der Waals surface area contributed by atoms with Gasteiger partial charge in [-0.1, -0.05) is 13.8 Å². The molecule has 0 spiro atoms. The minimum absolute atomic E-state index is 0.0848. The standard InChI is InChI=1S/C13H25N3O2S2/c1-10(2)7-11(9-16(3)4)15-20(17,18)13-6-5-12(8-14)19-13/h5-6,10-11,15H,7-9,14H2,1-4H3. The van der Waals surface area contributed by atoms with Gasteiger partial charge in [-0.25, -0.2) is 13.1 Å². The maximum Gasteiger partial charge on any atom is 0.250 e. The quantitative estimate of drug-likeness (QED) is 0.761. The van der Waals surface area contributed by atoms with E-state index in [4.69, 9.17) is 5.73 Å². The Morgan fingerprint density at radius 3 is 2.45 bits per heavy atom. The average molecular weight is 319 g/mol. The molecule has 1 heterocycles. The monoisotopic (exact) mass is 319 g/mol. The summed E-state index contributed by atoms with van der Waals surface area (Å²) in [6, 6.07) is 3.30. The van der Waals surface area contributed by atoms with Gasteiger partial charge in [-0.3, -0.25) is 0 Å². The predicted octanol–water partition coefficient (Wildman–Crippen LogP) is 1.46. The highest BCUT2D eigenvalue weighted by atomic mass is 32.2. The van der Waals surface area contributed by atoms with Gasteiger partial charge in [0.25, 0.3) is 0 Å². The fourth-order valence-electron chi connectivity index (χ4n) is 2.06. The van der Waals surface area contributed by atoms with Gasteiger partial charge < -0.3 is 10.6 Å². The van der Waals surface area contributed by atoms with Crippen LogP contribution >= 0.6 is 11.3 Å². The molecule has 0 aliphatic carbocycles. The lowest BCUT2D eigenvalue weighted by molar-refractivity contribution is 0.329. The zero-order valence-electron chi connectivity index (χ0n) is 12.6. The number of thiophene rings is 1. The van der Waals surface area contributed by atoms with Crippen LogP contribution < -0.4 is 10.5 Å². The Morgan fingerprint density at radius 1 is 1.35 bits per heavy atom. The summed E-state index contributed by atoms with van der Waals surface area (Å²) in [6.45, 7) is 5.24. The van der Waals surface area contributed by atoms with Crippen molar-refractivity contribution in [2.45, 2.75) is 37.1 Å². The molecule has 20 heavy (non-hydrogen) atoms. The Kier molecular flexibility index (Phi) is 6.60. The molecule has 0 saturated carbocycles. The topological polar surface area (TPSA) is 75.4 Å². The van der Waals surface area contributed by atoms with E-state index in [1.165, 1.54) is 11.3 Å². The maximum atomic E-state index is 12.4. The molecule has 1 rings (SSSR count). The maximum absolute atomic E-state index is 12.4. The third kappa shape index (κ3) is 5.49. The van der Waals surface area contributed by atoms with Crippen molar-refractivity contribution < 1.29 is 8.42 Å². The summed E-state index contributed by atoms with van der Waals surface area (Å²) in [7, 11) is 0.434. The van der Waals surface area contributed by atoms with Crippen LogP contribution in [-0.2, 0) is 16.6 Å². The van der Waals surface area contributed by atoms with E-state index in [0.29, 0.717) is 23.2 Å². The molecular formula is C13H25N3O2S2. The molecule has 3 N–H and O–H groups in total. The highest BCUT2D eigenvalue weighted by molar-refractivity contribution is 7.91. The lowest BCUT2D eigenvalue weighted by atomic mass is 10.0. The molecule has 0 radical (unpaired) electrons. The van der Waals surface area contributed by atoms with Gasteiger partial charge in [-0.15, -0.1) is 11.3 Å². The first-order valence-corrected chi connectivity index (χ1v) is 9.00. The van der Waals surface area contributed by atoms with Gasteiger partial charge in [0.1, 0.15) is 4.21 Å². The molecule has 0 amide bonds. The summed E-state index contributed by atoms with van der Waals surface area (Å²) >= 11 is 1.23. The van der Waals surface area contributed by atoms with Crippen molar-refractivity contribution >= 4 is 21.4 Å². The van der Waals surface area contributed by atoms with Crippen LogP contribution in [0.2, 0.25) is 0 Å². The predicted molar refractivity (Wildman–Crippen MR) is 84.3 cm³/mol. The van der Waals surface area contributed by atoms with Gasteiger partial charge in [-0.2, -0.15) is 0 Å². The summed E-state index contributed by atoms with van der Waals surface area (Å²) in [5, 5.41) is 0. The third-order valence-electron chi connectivity index (χ3n) is 2.77. The zero-order valence-corrected chi connectivity index (χ0v) is 14.2. The number of nitrogens with zero attached hydrogens (tertiary/aromatic N) is 1. The number of nitrogens with one attached hydrogen (secondary N) is 1. The Bertz CT molecular complexity index is 499. The molecule has 0 aliphatic rings. The van der Waals surface area contributed by atoms with E-state index < -0.39 is 10.0 Å². The highest BCUT2D eigenvalue weighted by Crippen LogP contribution is 2.22. The van der Waals surface area contributed by atoms with Gasteiger partial charge in [-0.05, 0) is 38.6 Å². The second-order valence-corrected chi connectivity index (χ2v) is 8.74. The first kappa shape index (κ1) is 17.6. The number of sulfonamides is 1. The van der Waals surface area contributed by atoms with Crippen LogP contribution in [0.15, 0.2) is 16.3 Å². The lowest BCUT2D eigenvalue weighted by Gasteiger charge is -2.23. The normalized spacial score (nSPS) is 14.2. The molecular weight excluding hydrogens is 294 g/mol. The fraction of sp³-hybridized carbons (Fsp3) is 0.692. The number of likely N-dealkylation sites (N-methyl/N-ethyl adjacent to an activating group) is 1. The van der Waals surface area contributed by atoms with Crippen LogP contribution in [0.3, 0.4) is 0 Å². The van der Waals surface area contributed by atoms with Gasteiger partial charge in [0.2, 0.25) is 10.0 Å². The van der Waals surface area contributed by atoms with Crippen LogP contribution in [0.1, 0.15) is 25.1 Å². The van der Waals surface area contributed by atoms with Gasteiger partial charge in [0, 0.05) is 24.0 Å². The van der Waals surface area contributed by atoms with Gasteiger partial charge >= 0.3 is 0 Å². The van der Waals surface area contributed by atoms with E-state index >= 15 is 0 Å². The van der Waals surface area contributed by atoms with Crippen molar-refractivity contribution in [1.29, 1.82) is 0 Å². The molecule has 0 fully saturated rings. The summed E-state index contributed by atoms with van der Waals surface area (Å²) in [5.74, 6) is 0.436. The zero-order chi connectivity index (χ0) is 15.3. The summed E-state index contributed by atoms with van der Waals surface area (Å²) in [5.41, 5.74) is 5.53. The summed E-state index contributed by atoms with van der Waals surface area (Å²) in [6.07, 6.45) is 0.812. The van der Waals surface area contributed by atoms with E-state index in [1.807, 2.05) is 19.0 Å². The van der Waals surface area contributed by atoms with Crippen molar-refractivity contribution in [3.63, 3.8) is 0 Å². The van der Waals surface area contributed by atoms with Crippen molar-refractivity contribution in [3.05, 3.63) is 17.0 Å². The Morgan fingerprint density at radius 2 is 2.00 bits per heavy atom. The molecule has 5 nitrogen and oxygen atoms in total. The summed E-state index contributed by atoms with van der Waals surface area (Å²) in [4.78, 5) is 2.87. The largest absolute Gasteiger partial charge is 0.326 e.